The summed E-state index contributed by atoms with van der Waals surface area (Å²) in [5, 5.41) is 0. The number of carbonyl (C=O) groups excluding carboxylic acids is 1. The van der Waals surface area contributed by atoms with E-state index in [0.29, 0.717) is 0 Å². The van der Waals surface area contributed by atoms with E-state index in [1.165, 1.54) is 0 Å². The third-order valence-corrected chi connectivity index (χ3v) is 2.40. The van der Waals surface area contributed by atoms with Gasteiger partial charge in [0.1, 0.15) is 6.29 Å². The number of carbonyl (C=O) groups is 1. The largest absolute Gasteiger partial charge is 0.302 e. The molecule has 0 unspecified atom stereocenters. The highest BCUT2D eigenvalue weighted by Gasteiger charge is 2.22. The quantitative estimate of drug-likeness (QED) is 0.483. The van der Waals surface area contributed by atoms with E-state index in [4.69, 9.17) is 0 Å². The van der Waals surface area contributed by atoms with Crippen molar-refractivity contribution >= 4 is 6.29 Å². The molecule has 72 valence electrons. The maximum atomic E-state index is 10.6. The number of hydrogen-bond donors (Lipinski definition) is 0. The highest BCUT2D eigenvalue weighted by atomic mass is 16.1. The van der Waals surface area contributed by atoms with Gasteiger partial charge in [0.15, 0.2) is 0 Å². The summed E-state index contributed by atoms with van der Waals surface area (Å²) in [6, 6.07) is 0.170. The zero-order chi connectivity index (χ0) is 9.52. The molecule has 0 aliphatic carbocycles. The minimum absolute atomic E-state index is 0.170. The summed E-state index contributed by atoms with van der Waals surface area (Å²) >= 11 is 0. The summed E-state index contributed by atoms with van der Waals surface area (Å²) in [4.78, 5) is 12.9. The van der Waals surface area contributed by atoms with Crippen LogP contribution in [0.25, 0.3) is 0 Å². The van der Waals surface area contributed by atoms with Crippen LogP contribution in [-0.2, 0) is 4.79 Å². The van der Waals surface area contributed by atoms with Crippen LogP contribution >= 0.6 is 0 Å². The second-order valence-electron chi connectivity index (χ2n) is 3.34. The van der Waals surface area contributed by atoms with E-state index in [2.05, 4.69) is 23.7 Å². The first kappa shape index (κ1) is 10.3. The predicted octanol–water partition coefficient (Wildman–Crippen LogP) is 1.45. The second kappa shape index (κ2) is 5.77. The smallest absolute Gasteiger partial charge is 0.137 e. The Kier molecular flexibility index (Phi) is 4.56. The monoisotopic (exact) mass is 179 g/mol. The third kappa shape index (κ3) is 3.20. The SMILES string of the molecule is CCC#CCCN1CCC[C@H]1C=O. The maximum absolute atomic E-state index is 10.6. The second-order valence-corrected chi connectivity index (χ2v) is 3.34. The van der Waals surface area contributed by atoms with Crippen molar-refractivity contribution in [2.45, 2.75) is 38.6 Å². The van der Waals surface area contributed by atoms with Gasteiger partial charge in [0.25, 0.3) is 0 Å². The van der Waals surface area contributed by atoms with Crippen molar-refractivity contribution in [3.8, 4) is 11.8 Å². The Morgan fingerprint density at radius 3 is 3.08 bits per heavy atom. The van der Waals surface area contributed by atoms with Gasteiger partial charge in [-0.3, -0.25) is 4.90 Å². The highest BCUT2D eigenvalue weighted by molar-refractivity contribution is 5.58. The molecule has 0 N–H and O–H groups in total. The first-order valence-corrected chi connectivity index (χ1v) is 5.03. The molecule has 0 radical (unpaired) electrons. The van der Waals surface area contributed by atoms with Crippen molar-refractivity contribution in [2.24, 2.45) is 0 Å². The zero-order valence-electron chi connectivity index (χ0n) is 8.25. The standard InChI is InChI=1S/C11H17NO/c1-2-3-4-5-8-12-9-6-7-11(12)10-13/h10-11H,2,5-9H2,1H3/t11-/m0/s1. The van der Waals surface area contributed by atoms with E-state index >= 15 is 0 Å². The minimum atomic E-state index is 0.170. The van der Waals surface area contributed by atoms with Gasteiger partial charge >= 0.3 is 0 Å². The molecule has 0 aromatic heterocycles. The molecule has 0 amide bonds. The molecule has 1 saturated heterocycles. The molecule has 0 saturated carbocycles. The van der Waals surface area contributed by atoms with E-state index < -0.39 is 0 Å². The molecule has 0 spiro atoms. The minimum Gasteiger partial charge on any atom is -0.302 e. The van der Waals surface area contributed by atoms with Crippen LogP contribution in [0.5, 0.6) is 0 Å². The molecule has 0 aromatic rings. The molecule has 13 heavy (non-hydrogen) atoms. The molecule has 2 heteroatoms. The third-order valence-electron chi connectivity index (χ3n) is 2.40. The van der Waals surface area contributed by atoms with E-state index in [1.807, 2.05) is 0 Å². The van der Waals surface area contributed by atoms with Crippen molar-refractivity contribution in [3.63, 3.8) is 0 Å². The normalized spacial score (nSPS) is 22.4. The van der Waals surface area contributed by atoms with Crippen LogP contribution in [0.15, 0.2) is 0 Å². The molecule has 1 atom stereocenters. The molecule has 1 heterocycles. The number of rotatable bonds is 3. The lowest BCUT2D eigenvalue weighted by Gasteiger charge is -2.17. The number of hydrogen-bond acceptors (Lipinski definition) is 2. The number of likely N-dealkylation sites (tertiary alicyclic amines) is 1. The van der Waals surface area contributed by atoms with Gasteiger partial charge in [-0.1, -0.05) is 6.92 Å². The average Bonchev–Trinajstić information content (AvgIpc) is 2.60. The van der Waals surface area contributed by atoms with Gasteiger partial charge in [0, 0.05) is 19.4 Å². The van der Waals surface area contributed by atoms with Gasteiger partial charge in [-0.2, -0.15) is 0 Å². The lowest BCUT2D eigenvalue weighted by molar-refractivity contribution is -0.111. The summed E-state index contributed by atoms with van der Waals surface area (Å²) in [5.74, 6) is 6.14. The molecule has 0 bridgehead atoms. The average molecular weight is 179 g/mol. The lowest BCUT2D eigenvalue weighted by Crippen LogP contribution is -2.31. The fourth-order valence-corrected chi connectivity index (χ4v) is 1.70. The first-order valence-electron chi connectivity index (χ1n) is 5.03. The van der Waals surface area contributed by atoms with E-state index in [-0.39, 0.29) is 6.04 Å². The topological polar surface area (TPSA) is 20.3 Å². The summed E-state index contributed by atoms with van der Waals surface area (Å²) in [7, 11) is 0. The Morgan fingerprint density at radius 2 is 2.38 bits per heavy atom. The van der Waals surface area contributed by atoms with Crippen molar-refractivity contribution in [1.29, 1.82) is 0 Å². The van der Waals surface area contributed by atoms with Gasteiger partial charge in [-0.25, -0.2) is 0 Å². The van der Waals surface area contributed by atoms with Crippen LogP contribution in [-0.4, -0.2) is 30.3 Å². The van der Waals surface area contributed by atoms with Gasteiger partial charge < -0.3 is 4.79 Å². The van der Waals surface area contributed by atoms with E-state index in [9.17, 15) is 4.79 Å². The van der Waals surface area contributed by atoms with Crippen LogP contribution < -0.4 is 0 Å². The van der Waals surface area contributed by atoms with Crippen molar-refractivity contribution in [2.75, 3.05) is 13.1 Å². The fourth-order valence-electron chi connectivity index (χ4n) is 1.70. The predicted molar refractivity (Wildman–Crippen MR) is 53.3 cm³/mol. The molecule has 1 aliphatic rings. The Labute approximate surface area is 80.3 Å². The molecular formula is C11H17NO. The van der Waals surface area contributed by atoms with E-state index in [0.717, 1.165) is 45.1 Å². The van der Waals surface area contributed by atoms with Crippen molar-refractivity contribution in [1.82, 2.24) is 4.90 Å². The maximum Gasteiger partial charge on any atom is 0.137 e. The fraction of sp³-hybridized carbons (Fsp3) is 0.727. The Balaban J connectivity index is 2.23. The van der Waals surface area contributed by atoms with Gasteiger partial charge in [0.05, 0.1) is 6.04 Å². The number of aldehydes is 1. The lowest BCUT2D eigenvalue weighted by atomic mass is 10.2. The molecule has 1 rings (SSSR count). The van der Waals surface area contributed by atoms with Gasteiger partial charge in [-0.05, 0) is 19.4 Å². The Bertz CT molecular complexity index is 214. The van der Waals surface area contributed by atoms with Crippen molar-refractivity contribution in [3.05, 3.63) is 0 Å². The molecular weight excluding hydrogens is 162 g/mol. The highest BCUT2D eigenvalue weighted by Crippen LogP contribution is 2.14. The van der Waals surface area contributed by atoms with Crippen LogP contribution in [0, 0.1) is 11.8 Å². The summed E-state index contributed by atoms with van der Waals surface area (Å²) < 4.78 is 0. The first-order chi connectivity index (χ1) is 6.38. The van der Waals surface area contributed by atoms with Crippen LogP contribution in [0.2, 0.25) is 0 Å². The Morgan fingerprint density at radius 1 is 1.54 bits per heavy atom. The molecule has 0 aromatic carbocycles. The molecule has 1 fully saturated rings. The zero-order valence-corrected chi connectivity index (χ0v) is 8.25. The van der Waals surface area contributed by atoms with E-state index in [1.54, 1.807) is 0 Å². The van der Waals surface area contributed by atoms with Crippen molar-refractivity contribution < 1.29 is 4.79 Å². The van der Waals surface area contributed by atoms with Gasteiger partial charge in [-0.15, -0.1) is 11.8 Å². The summed E-state index contributed by atoms with van der Waals surface area (Å²) in [6.07, 6.45) is 5.09. The van der Waals surface area contributed by atoms with Crippen LogP contribution in [0.1, 0.15) is 32.6 Å². The molecule has 1 aliphatic heterocycles. The van der Waals surface area contributed by atoms with Crippen LogP contribution in [0.3, 0.4) is 0 Å². The summed E-state index contributed by atoms with van der Waals surface area (Å²) in [6.45, 7) is 4.07. The van der Waals surface area contributed by atoms with Gasteiger partial charge in [0.2, 0.25) is 0 Å². The molecule has 2 nitrogen and oxygen atoms in total. The van der Waals surface area contributed by atoms with Crippen LogP contribution in [0.4, 0.5) is 0 Å². The number of nitrogens with zero attached hydrogens (tertiary/aromatic N) is 1. The Hall–Kier alpha value is -0.810. The summed E-state index contributed by atoms with van der Waals surface area (Å²) in [5.41, 5.74) is 0.